The summed E-state index contributed by atoms with van der Waals surface area (Å²) in [6, 6.07) is 1.80. The molecule has 21 heavy (non-hydrogen) atoms. The summed E-state index contributed by atoms with van der Waals surface area (Å²) in [5.41, 5.74) is -0.112. The second-order valence-electron chi connectivity index (χ2n) is 4.76. The van der Waals surface area contributed by atoms with E-state index in [1.165, 1.54) is 0 Å². The first-order valence-corrected chi connectivity index (χ1v) is 8.48. The van der Waals surface area contributed by atoms with Crippen LogP contribution in [0.1, 0.15) is 23.7 Å². The van der Waals surface area contributed by atoms with Gasteiger partial charge in [0.1, 0.15) is 5.82 Å². The van der Waals surface area contributed by atoms with Gasteiger partial charge >= 0.3 is 0 Å². The van der Waals surface area contributed by atoms with Crippen LogP contribution in [0.4, 0.5) is 4.39 Å². The third kappa shape index (κ3) is 3.60. The van der Waals surface area contributed by atoms with Crippen molar-refractivity contribution in [3.8, 4) is 0 Å². The first kappa shape index (κ1) is 16.3. The van der Waals surface area contributed by atoms with Crippen LogP contribution in [-0.2, 0) is 14.8 Å². The number of hydrogen-bond acceptors (Lipinski definition) is 4. The maximum atomic E-state index is 13.7. The zero-order valence-electron chi connectivity index (χ0n) is 11.1. The fraction of sp³-hybridized carbons (Fsp3) is 0.417. The van der Waals surface area contributed by atoms with Crippen LogP contribution in [0.2, 0.25) is 0 Å². The summed E-state index contributed by atoms with van der Waals surface area (Å²) in [6.45, 7) is 2.35. The highest BCUT2D eigenvalue weighted by molar-refractivity contribution is 9.10. The third-order valence-corrected chi connectivity index (χ3v) is 5.26. The van der Waals surface area contributed by atoms with Crippen molar-refractivity contribution in [2.24, 2.45) is 5.14 Å². The Labute approximate surface area is 130 Å². The van der Waals surface area contributed by atoms with E-state index in [2.05, 4.69) is 21.2 Å². The molecule has 1 aliphatic rings. The molecule has 1 aliphatic heterocycles. The van der Waals surface area contributed by atoms with E-state index in [0.717, 1.165) is 12.1 Å². The van der Waals surface area contributed by atoms with E-state index < -0.39 is 26.6 Å². The van der Waals surface area contributed by atoms with Gasteiger partial charge in [0.25, 0.3) is 5.91 Å². The number of carbonyl (C=O) groups excluding carboxylic acids is 1. The van der Waals surface area contributed by atoms with E-state index in [4.69, 9.17) is 9.88 Å². The van der Waals surface area contributed by atoms with Gasteiger partial charge in [-0.15, -0.1) is 0 Å². The molecule has 1 saturated heterocycles. The molecule has 0 bridgehead atoms. The predicted molar refractivity (Wildman–Crippen MR) is 76.8 cm³/mol. The SMILES string of the molecule is CC1OCCC1NC(=O)c1cc(F)c(Br)c(S(N)(=O)=O)c1. The Morgan fingerprint density at radius 3 is 2.71 bits per heavy atom. The van der Waals surface area contributed by atoms with Crippen molar-refractivity contribution in [1.29, 1.82) is 0 Å². The minimum Gasteiger partial charge on any atom is -0.376 e. The molecule has 1 fully saturated rings. The predicted octanol–water partition coefficient (Wildman–Crippen LogP) is 1.14. The fourth-order valence-electron chi connectivity index (χ4n) is 2.07. The first-order valence-electron chi connectivity index (χ1n) is 6.14. The summed E-state index contributed by atoms with van der Waals surface area (Å²) < 4.78 is 41.6. The van der Waals surface area contributed by atoms with E-state index in [1.54, 1.807) is 0 Å². The number of nitrogens with one attached hydrogen (secondary N) is 1. The van der Waals surface area contributed by atoms with E-state index in [-0.39, 0.29) is 22.2 Å². The average molecular weight is 381 g/mol. The lowest BCUT2D eigenvalue weighted by Crippen LogP contribution is -2.39. The van der Waals surface area contributed by atoms with Gasteiger partial charge in [-0.25, -0.2) is 17.9 Å². The second kappa shape index (κ2) is 5.99. The maximum Gasteiger partial charge on any atom is 0.251 e. The molecule has 116 valence electrons. The quantitative estimate of drug-likeness (QED) is 0.821. The van der Waals surface area contributed by atoms with Crippen LogP contribution >= 0.6 is 15.9 Å². The molecule has 1 aromatic carbocycles. The number of rotatable bonds is 3. The van der Waals surface area contributed by atoms with Crippen LogP contribution in [0.15, 0.2) is 21.5 Å². The molecule has 6 nitrogen and oxygen atoms in total. The molecule has 1 heterocycles. The molecule has 1 amide bonds. The van der Waals surface area contributed by atoms with Crippen molar-refractivity contribution in [3.05, 3.63) is 28.0 Å². The minimum absolute atomic E-state index is 0.112. The van der Waals surface area contributed by atoms with Gasteiger partial charge in [-0.05, 0) is 41.4 Å². The van der Waals surface area contributed by atoms with Gasteiger partial charge in [0.2, 0.25) is 10.0 Å². The van der Waals surface area contributed by atoms with Crippen LogP contribution in [0, 0.1) is 5.82 Å². The molecule has 1 aromatic rings. The molecule has 2 atom stereocenters. The zero-order chi connectivity index (χ0) is 15.8. The van der Waals surface area contributed by atoms with Gasteiger partial charge in [-0.1, -0.05) is 0 Å². The summed E-state index contributed by atoms with van der Waals surface area (Å²) in [4.78, 5) is 11.6. The number of primary sulfonamides is 1. The lowest BCUT2D eigenvalue weighted by atomic mass is 10.1. The van der Waals surface area contributed by atoms with Crippen LogP contribution in [0.3, 0.4) is 0 Å². The summed E-state index contributed by atoms with van der Waals surface area (Å²) in [5.74, 6) is -1.45. The molecule has 0 radical (unpaired) electrons. The summed E-state index contributed by atoms with van der Waals surface area (Å²) in [6.07, 6.45) is 0.500. The number of halogens is 2. The lowest BCUT2D eigenvalue weighted by Gasteiger charge is -2.16. The molecule has 2 rings (SSSR count). The van der Waals surface area contributed by atoms with Crippen molar-refractivity contribution in [2.75, 3.05) is 6.61 Å². The molecule has 3 N–H and O–H groups in total. The zero-order valence-corrected chi connectivity index (χ0v) is 13.5. The number of nitrogens with two attached hydrogens (primary N) is 1. The van der Waals surface area contributed by atoms with Crippen LogP contribution in [-0.4, -0.2) is 33.1 Å². The Kier molecular flexibility index (Phi) is 4.66. The maximum absolute atomic E-state index is 13.7. The number of benzene rings is 1. The highest BCUT2D eigenvalue weighted by Crippen LogP contribution is 2.26. The highest BCUT2D eigenvalue weighted by atomic mass is 79.9. The van der Waals surface area contributed by atoms with Crippen LogP contribution < -0.4 is 10.5 Å². The van der Waals surface area contributed by atoms with E-state index in [9.17, 15) is 17.6 Å². The van der Waals surface area contributed by atoms with Crippen molar-refractivity contribution < 1.29 is 22.3 Å². The molecule has 0 spiro atoms. The van der Waals surface area contributed by atoms with Gasteiger partial charge in [-0.2, -0.15) is 0 Å². The van der Waals surface area contributed by atoms with Crippen LogP contribution in [0.25, 0.3) is 0 Å². The summed E-state index contributed by atoms with van der Waals surface area (Å²) in [7, 11) is -4.14. The summed E-state index contributed by atoms with van der Waals surface area (Å²) in [5, 5.41) is 7.69. The molecular weight excluding hydrogens is 367 g/mol. The van der Waals surface area contributed by atoms with E-state index >= 15 is 0 Å². The number of amides is 1. The topological polar surface area (TPSA) is 98.5 Å². The van der Waals surface area contributed by atoms with Gasteiger partial charge in [-0.3, -0.25) is 4.79 Å². The van der Waals surface area contributed by atoms with Crippen LogP contribution in [0.5, 0.6) is 0 Å². The third-order valence-electron chi connectivity index (χ3n) is 3.26. The van der Waals surface area contributed by atoms with E-state index in [1.807, 2.05) is 6.92 Å². The average Bonchev–Trinajstić information content (AvgIpc) is 2.76. The molecule has 0 aromatic heterocycles. The fourth-order valence-corrected chi connectivity index (χ4v) is 3.62. The number of ether oxygens (including phenoxy) is 1. The van der Waals surface area contributed by atoms with Crippen molar-refractivity contribution in [2.45, 2.75) is 30.4 Å². The minimum atomic E-state index is -4.14. The van der Waals surface area contributed by atoms with Gasteiger partial charge in [0.15, 0.2) is 0 Å². The smallest absolute Gasteiger partial charge is 0.251 e. The number of hydrogen-bond donors (Lipinski definition) is 2. The molecular formula is C12H14BrFN2O4S. The Hall–Kier alpha value is -1.03. The van der Waals surface area contributed by atoms with Crippen molar-refractivity contribution in [3.63, 3.8) is 0 Å². The molecule has 0 saturated carbocycles. The lowest BCUT2D eigenvalue weighted by molar-refractivity contribution is 0.0865. The summed E-state index contributed by atoms with van der Waals surface area (Å²) >= 11 is 2.81. The van der Waals surface area contributed by atoms with E-state index in [0.29, 0.717) is 13.0 Å². The molecule has 2 unspecified atom stereocenters. The van der Waals surface area contributed by atoms with Gasteiger partial charge in [0, 0.05) is 12.2 Å². The second-order valence-corrected chi connectivity index (χ2v) is 7.08. The standard InChI is InChI=1S/C12H14BrFN2O4S/c1-6-9(2-3-20-6)16-12(17)7-4-8(14)11(13)10(5-7)21(15,18)19/h4-6,9H,2-3H2,1H3,(H,16,17)(H2,15,18,19). The molecule has 0 aliphatic carbocycles. The Morgan fingerprint density at radius 2 is 2.19 bits per heavy atom. The Balaban J connectivity index is 2.32. The Bertz CT molecular complexity index is 680. The number of carbonyl (C=O) groups is 1. The largest absolute Gasteiger partial charge is 0.376 e. The Morgan fingerprint density at radius 1 is 1.52 bits per heavy atom. The van der Waals surface area contributed by atoms with Crippen molar-refractivity contribution >= 4 is 31.9 Å². The first-order chi connectivity index (χ1) is 9.70. The molecule has 9 heteroatoms. The van der Waals surface area contributed by atoms with Gasteiger partial charge in [0.05, 0.1) is 21.5 Å². The van der Waals surface area contributed by atoms with Gasteiger partial charge < -0.3 is 10.1 Å². The number of sulfonamides is 1. The highest BCUT2D eigenvalue weighted by Gasteiger charge is 2.27. The van der Waals surface area contributed by atoms with Crippen molar-refractivity contribution in [1.82, 2.24) is 5.32 Å². The monoisotopic (exact) mass is 380 g/mol. The normalized spacial score (nSPS) is 22.3.